The lowest BCUT2D eigenvalue weighted by molar-refractivity contribution is 0.253. The van der Waals surface area contributed by atoms with Crippen molar-refractivity contribution in [3.05, 3.63) is 30.3 Å². The molecule has 0 aliphatic rings. The van der Waals surface area contributed by atoms with Crippen LogP contribution in [0, 0.1) is 5.92 Å². The molecule has 1 rings (SSSR count). The van der Waals surface area contributed by atoms with E-state index in [0.717, 1.165) is 64.2 Å². The van der Waals surface area contributed by atoms with Crippen molar-refractivity contribution in [2.24, 2.45) is 10.9 Å². The van der Waals surface area contributed by atoms with Gasteiger partial charge in [0.15, 0.2) is 5.96 Å². The average molecular weight is 490 g/mol. The summed E-state index contributed by atoms with van der Waals surface area (Å²) in [5, 5.41) is 15.9. The number of rotatable bonds is 13. The molecule has 0 saturated heterocycles. The Bertz CT molecular complexity index is 478. The van der Waals surface area contributed by atoms with Gasteiger partial charge in [-0.25, -0.2) is 0 Å². The molecule has 27 heavy (non-hydrogen) atoms. The number of aliphatic imine (C=N–C) groups is 1. The highest BCUT2D eigenvalue weighted by Crippen LogP contribution is 2.12. The maximum Gasteiger partial charge on any atom is 0.191 e. The molecule has 0 spiro atoms. The summed E-state index contributed by atoms with van der Waals surface area (Å²) in [6.45, 7) is 8.13. The zero-order valence-electron chi connectivity index (χ0n) is 17.3. The Kier molecular flexibility index (Phi) is 16.5. The molecule has 0 heterocycles. The third kappa shape index (κ3) is 12.1. The number of aliphatic hydroxyl groups excluding tert-OH is 1. The van der Waals surface area contributed by atoms with Gasteiger partial charge in [0.2, 0.25) is 0 Å². The van der Waals surface area contributed by atoms with Crippen LogP contribution in [0.1, 0.15) is 46.0 Å². The van der Waals surface area contributed by atoms with E-state index in [1.165, 1.54) is 5.69 Å². The summed E-state index contributed by atoms with van der Waals surface area (Å²) in [4.78, 5) is 7.00. The van der Waals surface area contributed by atoms with Crippen LogP contribution in [0.5, 0.6) is 0 Å². The number of unbranched alkanes of at least 4 members (excludes halogenated alkanes) is 1. The van der Waals surface area contributed by atoms with E-state index in [1.807, 2.05) is 0 Å². The number of hydrogen-bond donors (Lipinski definition) is 3. The van der Waals surface area contributed by atoms with Gasteiger partial charge in [-0.3, -0.25) is 4.99 Å². The zero-order valence-corrected chi connectivity index (χ0v) is 19.6. The maximum atomic E-state index is 9.18. The number of para-hydroxylation sites is 1. The third-order valence-electron chi connectivity index (χ3n) is 4.50. The molecule has 1 unspecified atom stereocenters. The van der Waals surface area contributed by atoms with E-state index in [-0.39, 0.29) is 30.6 Å². The molecule has 1 atom stereocenters. The number of nitrogens with zero attached hydrogens (tertiary/aromatic N) is 2. The van der Waals surface area contributed by atoms with Crippen LogP contribution in [-0.2, 0) is 0 Å². The second-order valence-electron chi connectivity index (χ2n) is 6.78. The fourth-order valence-electron chi connectivity index (χ4n) is 2.97. The summed E-state index contributed by atoms with van der Waals surface area (Å²) in [5.41, 5.74) is 1.27. The molecule has 156 valence electrons. The van der Waals surface area contributed by atoms with Gasteiger partial charge in [0.1, 0.15) is 0 Å². The minimum Gasteiger partial charge on any atom is -0.396 e. The number of guanidine groups is 1. The summed E-state index contributed by atoms with van der Waals surface area (Å²) >= 11 is 0. The molecule has 0 bridgehead atoms. The van der Waals surface area contributed by atoms with Crippen molar-refractivity contribution in [1.82, 2.24) is 10.6 Å². The van der Waals surface area contributed by atoms with Gasteiger partial charge in [0, 0.05) is 45.5 Å². The number of hydrogen-bond acceptors (Lipinski definition) is 3. The largest absolute Gasteiger partial charge is 0.396 e. The Morgan fingerprint density at radius 3 is 2.48 bits per heavy atom. The first-order valence-electron chi connectivity index (χ1n) is 10.1. The van der Waals surface area contributed by atoms with Crippen LogP contribution in [0.15, 0.2) is 35.3 Å². The minimum absolute atomic E-state index is 0. The van der Waals surface area contributed by atoms with Crippen molar-refractivity contribution < 1.29 is 5.11 Å². The van der Waals surface area contributed by atoms with Gasteiger partial charge in [-0.2, -0.15) is 0 Å². The van der Waals surface area contributed by atoms with Gasteiger partial charge in [-0.1, -0.05) is 31.5 Å². The lowest BCUT2D eigenvalue weighted by atomic mass is 10.0. The first kappa shape index (κ1) is 26.0. The van der Waals surface area contributed by atoms with Crippen molar-refractivity contribution in [2.45, 2.75) is 46.0 Å². The number of benzene rings is 1. The Hall–Kier alpha value is -1.02. The van der Waals surface area contributed by atoms with E-state index in [0.29, 0.717) is 5.92 Å². The summed E-state index contributed by atoms with van der Waals surface area (Å²) in [7, 11) is 2.14. The standard InChI is InChI=1S/C21H38N4O.HI/c1-4-11-19(14-17-26)18-24-21(22-5-2)23-15-9-10-16-25(3)20-12-7-6-8-13-20;/h6-8,12-13,19,26H,4-5,9-11,14-18H2,1-3H3,(H2,22,23,24);1H. The molecular formula is C21H39IN4O. The van der Waals surface area contributed by atoms with Crippen LogP contribution < -0.4 is 15.5 Å². The van der Waals surface area contributed by atoms with Gasteiger partial charge in [-0.05, 0) is 50.7 Å². The van der Waals surface area contributed by atoms with Crippen LogP contribution >= 0.6 is 24.0 Å². The number of nitrogens with one attached hydrogen (secondary N) is 2. The molecule has 0 amide bonds. The number of halogens is 1. The Balaban J connectivity index is 0.00000676. The van der Waals surface area contributed by atoms with Gasteiger partial charge in [0.25, 0.3) is 0 Å². The van der Waals surface area contributed by atoms with Crippen molar-refractivity contribution in [3.8, 4) is 0 Å². The minimum atomic E-state index is 0. The summed E-state index contributed by atoms with van der Waals surface area (Å²) in [6.07, 6.45) is 5.34. The second-order valence-corrected chi connectivity index (χ2v) is 6.78. The van der Waals surface area contributed by atoms with Gasteiger partial charge >= 0.3 is 0 Å². The molecule has 6 heteroatoms. The predicted molar refractivity (Wildman–Crippen MR) is 128 cm³/mol. The monoisotopic (exact) mass is 490 g/mol. The summed E-state index contributed by atoms with van der Waals surface area (Å²) < 4.78 is 0. The maximum absolute atomic E-state index is 9.18. The third-order valence-corrected chi connectivity index (χ3v) is 4.50. The Morgan fingerprint density at radius 2 is 1.85 bits per heavy atom. The molecule has 0 fully saturated rings. The van der Waals surface area contributed by atoms with E-state index < -0.39 is 0 Å². The fourth-order valence-corrected chi connectivity index (χ4v) is 2.97. The first-order chi connectivity index (χ1) is 12.7. The average Bonchev–Trinajstić information content (AvgIpc) is 2.66. The Morgan fingerprint density at radius 1 is 1.11 bits per heavy atom. The van der Waals surface area contributed by atoms with Crippen molar-refractivity contribution in [2.75, 3.05) is 44.7 Å². The van der Waals surface area contributed by atoms with E-state index in [4.69, 9.17) is 4.99 Å². The SMILES string of the molecule is CCCC(CCO)CN=C(NCC)NCCCCN(C)c1ccccc1.I. The highest BCUT2D eigenvalue weighted by molar-refractivity contribution is 14.0. The van der Waals surface area contributed by atoms with Crippen molar-refractivity contribution >= 4 is 35.6 Å². The predicted octanol–water partition coefficient (Wildman–Crippen LogP) is 3.87. The summed E-state index contributed by atoms with van der Waals surface area (Å²) in [5.74, 6) is 1.36. The van der Waals surface area contributed by atoms with Crippen LogP contribution in [0.3, 0.4) is 0 Å². The lowest BCUT2D eigenvalue weighted by Crippen LogP contribution is -2.38. The van der Waals surface area contributed by atoms with Crippen LogP contribution in [0.25, 0.3) is 0 Å². The van der Waals surface area contributed by atoms with Crippen LogP contribution in [0.2, 0.25) is 0 Å². The second kappa shape index (κ2) is 17.1. The molecule has 1 aromatic carbocycles. The smallest absolute Gasteiger partial charge is 0.191 e. The molecular weight excluding hydrogens is 451 g/mol. The van der Waals surface area contributed by atoms with Crippen molar-refractivity contribution in [3.63, 3.8) is 0 Å². The molecule has 0 saturated carbocycles. The number of anilines is 1. The van der Waals surface area contributed by atoms with Crippen LogP contribution in [0.4, 0.5) is 5.69 Å². The number of aliphatic hydroxyl groups is 1. The van der Waals surface area contributed by atoms with Gasteiger partial charge < -0.3 is 20.6 Å². The van der Waals surface area contributed by atoms with Crippen molar-refractivity contribution in [1.29, 1.82) is 0 Å². The molecule has 1 aromatic rings. The highest BCUT2D eigenvalue weighted by Gasteiger charge is 2.07. The fraction of sp³-hybridized carbons (Fsp3) is 0.667. The van der Waals surface area contributed by atoms with E-state index in [9.17, 15) is 5.11 Å². The first-order valence-corrected chi connectivity index (χ1v) is 10.1. The lowest BCUT2D eigenvalue weighted by Gasteiger charge is -2.19. The normalized spacial score (nSPS) is 12.2. The summed E-state index contributed by atoms with van der Waals surface area (Å²) in [6, 6.07) is 10.5. The quantitative estimate of drug-likeness (QED) is 0.170. The van der Waals surface area contributed by atoms with Gasteiger partial charge in [-0.15, -0.1) is 24.0 Å². The highest BCUT2D eigenvalue weighted by atomic mass is 127. The van der Waals surface area contributed by atoms with E-state index in [1.54, 1.807) is 0 Å². The molecule has 0 radical (unpaired) electrons. The van der Waals surface area contributed by atoms with Gasteiger partial charge in [0.05, 0.1) is 0 Å². The van der Waals surface area contributed by atoms with E-state index in [2.05, 4.69) is 66.8 Å². The molecule has 0 aliphatic carbocycles. The zero-order chi connectivity index (χ0) is 19.0. The molecule has 0 aromatic heterocycles. The molecule has 3 N–H and O–H groups in total. The molecule has 0 aliphatic heterocycles. The topological polar surface area (TPSA) is 59.9 Å². The molecule has 5 nitrogen and oxygen atoms in total. The van der Waals surface area contributed by atoms with E-state index >= 15 is 0 Å². The Labute approximate surface area is 183 Å². The van der Waals surface area contributed by atoms with Crippen LogP contribution in [-0.4, -0.2) is 50.9 Å².